The normalized spacial score (nSPS) is 17.5. The van der Waals surface area contributed by atoms with Crippen LogP contribution in [0.1, 0.15) is 41.2 Å². The molecule has 0 saturated heterocycles. The van der Waals surface area contributed by atoms with Crippen molar-refractivity contribution in [1.82, 2.24) is 15.2 Å². The highest BCUT2D eigenvalue weighted by Gasteiger charge is 2.36. The number of carbonyl (C=O) groups excluding carboxylic acids is 1. The molecule has 0 unspecified atom stereocenters. The van der Waals surface area contributed by atoms with Gasteiger partial charge in [0.2, 0.25) is 0 Å². The number of rotatable bonds is 7. The Morgan fingerprint density at radius 3 is 2.71 bits per heavy atom. The second kappa shape index (κ2) is 6.01. The highest BCUT2D eigenvalue weighted by Crippen LogP contribution is 2.34. The van der Waals surface area contributed by atoms with Gasteiger partial charge in [0.05, 0.1) is 5.01 Å². The number of thiazole rings is 1. The summed E-state index contributed by atoms with van der Waals surface area (Å²) < 4.78 is 0. The van der Waals surface area contributed by atoms with Crippen LogP contribution in [0.25, 0.3) is 0 Å². The molecule has 0 bridgehead atoms. The maximum atomic E-state index is 12.2. The first kappa shape index (κ1) is 14.3. The van der Waals surface area contributed by atoms with Crippen LogP contribution in [0.3, 0.4) is 0 Å². The minimum absolute atomic E-state index is 0.0133. The molecular formula is C14H19N3O3S. The van der Waals surface area contributed by atoms with Crippen LogP contribution in [0.15, 0.2) is 5.38 Å². The van der Waals surface area contributed by atoms with Crippen molar-refractivity contribution in [2.75, 3.05) is 13.1 Å². The number of carbonyl (C=O) groups is 2. The maximum Gasteiger partial charge on any atom is 0.355 e. The van der Waals surface area contributed by atoms with Gasteiger partial charge in [0.15, 0.2) is 5.69 Å². The topological polar surface area (TPSA) is 82.5 Å². The van der Waals surface area contributed by atoms with E-state index in [0.717, 1.165) is 24.4 Å². The number of aromatic nitrogens is 1. The van der Waals surface area contributed by atoms with E-state index in [2.05, 4.69) is 10.3 Å². The highest BCUT2D eigenvalue weighted by molar-refractivity contribution is 7.09. The summed E-state index contributed by atoms with van der Waals surface area (Å²) in [6.07, 6.45) is 5.30. The second-order valence-electron chi connectivity index (χ2n) is 5.74. The van der Waals surface area contributed by atoms with Gasteiger partial charge in [-0.3, -0.25) is 0 Å². The molecule has 3 rings (SSSR count). The van der Waals surface area contributed by atoms with Gasteiger partial charge in [0.25, 0.3) is 0 Å². The van der Waals surface area contributed by atoms with E-state index in [-0.39, 0.29) is 11.7 Å². The van der Waals surface area contributed by atoms with Crippen LogP contribution in [0.5, 0.6) is 0 Å². The molecule has 6 nitrogen and oxygen atoms in total. The van der Waals surface area contributed by atoms with Crippen LogP contribution >= 0.6 is 11.3 Å². The Labute approximate surface area is 127 Å². The van der Waals surface area contributed by atoms with Crippen LogP contribution in [0.2, 0.25) is 0 Å². The number of aromatic carboxylic acids is 1. The molecule has 2 amide bonds. The zero-order valence-electron chi connectivity index (χ0n) is 11.7. The molecule has 0 aliphatic heterocycles. The van der Waals surface area contributed by atoms with E-state index in [9.17, 15) is 9.59 Å². The SMILES string of the molecule is O=C(O)c1csc(CCNC(=O)N(CC2CC2)C2CC2)n1. The molecule has 2 saturated carbocycles. The molecule has 0 spiro atoms. The van der Waals surface area contributed by atoms with Gasteiger partial charge in [-0.2, -0.15) is 0 Å². The molecule has 21 heavy (non-hydrogen) atoms. The van der Waals surface area contributed by atoms with Crippen molar-refractivity contribution in [3.8, 4) is 0 Å². The molecule has 2 N–H and O–H groups in total. The third-order valence-corrected chi connectivity index (χ3v) is 4.69. The third-order valence-electron chi connectivity index (χ3n) is 3.79. The van der Waals surface area contributed by atoms with Gasteiger partial charge in [-0.1, -0.05) is 0 Å². The monoisotopic (exact) mass is 309 g/mol. The molecule has 7 heteroatoms. The van der Waals surface area contributed by atoms with Crippen molar-refractivity contribution in [3.63, 3.8) is 0 Å². The summed E-state index contributed by atoms with van der Waals surface area (Å²) in [6, 6.07) is 0.448. The van der Waals surface area contributed by atoms with Crippen molar-refractivity contribution in [2.45, 2.75) is 38.1 Å². The van der Waals surface area contributed by atoms with E-state index >= 15 is 0 Å². The van der Waals surface area contributed by atoms with E-state index in [1.807, 2.05) is 4.90 Å². The molecule has 0 radical (unpaired) electrons. The van der Waals surface area contributed by atoms with Gasteiger partial charge >= 0.3 is 12.0 Å². The van der Waals surface area contributed by atoms with E-state index < -0.39 is 5.97 Å². The fourth-order valence-electron chi connectivity index (χ4n) is 2.26. The zero-order chi connectivity index (χ0) is 14.8. The van der Waals surface area contributed by atoms with Crippen LogP contribution in [-0.4, -0.2) is 46.1 Å². The molecule has 0 aromatic carbocycles. The summed E-state index contributed by atoms with van der Waals surface area (Å²) in [5.41, 5.74) is 0.0784. The first-order valence-corrected chi connectivity index (χ1v) is 8.23. The summed E-state index contributed by atoms with van der Waals surface area (Å²) in [4.78, 5) is 28.9. The first-order valence-electron chi connectivity index (χ1n) is 7.35. The lowest BCUT2D eigenvalue weighted by molar-refractivity contribution is 0.0691. The smallest absolute Gasteiger partial charge is 0.355 e. The summed E-state index contributed by atoms with van der Waals surface area (Å²) in [5.74, 6) is -0.306. The summed E-state index contributed by atoms with van der Waals surface area (Å²) in [5, 5.41) is 14.0. The Hall–Kier alpha value is -1.63. The van der Waals surface area contributed by atoms with Gasteiger partial charge in [0, 0.05) is 30.9 Å². The van der Waals surface area contributed by atoms with Gasteiger partial charge < -0.3 is 15.3 Å². The zero-order valence-corrected chi connectivity index (χ0v) is 12.6. The number of carboxylic acids is 1. The molecule has 0 atom stereocenters. The van der Waals surface area contributed by atoms with Crippen LogP contribution in [0.4, 0.5) is 4.79 Å². The number of hydrogen-bond acceptors (Lipinski definition) is 4. The van der Waals surface area contributed by atoms with Crippen LogP contribution in [-0.2, 0) is 6.42 Å². The Balaban J connectivity index is 1.44. The number of urea groups is 1. The molecule has 1 heterocycles. The largest absolute Gasteiger partial charge is 0.476 e. The molecular weight excluding hydrogens is 290 g/mol. The molecule has 2 fully saturated rings. The van der Waals surface area contributed by atoms with Gasteiger partial charge in [0.1, 0.15) is 0 Å². The van der Waals surface area contributed by atoms with Crippen molar-refractivity contribution in [2.24, 2.45) is 5.92 Å². The summed E-state index contributed by atoms with van der Waals surface area (Å²) in [6.45, 7) is 1.39. The van der Waals surface area contributed by atoms with E-state index in [1.54, 1.807) is 0 Å². The standard InChI is InChI=1S/C14H19N3O3S/c18-13(19)11-8-21-12(16-11)5-6-15-14(20)17(10-3-4-10)7-9-1-2-9/h8-10H,1-7H2,(H,15,20)(H,18,19). The molecule has 114 valence electrons. The van der Waals surface area contributed by atoms with Gasteiger partial charge in [-0.25, -0.2) is 14.6 Å². The van der Waals surface area contributed by atoms with Crippen molar-refractivity contribution in [1.29, 1.82) is 0 Å². The lowest BCUT2D eigenvalue weighted by Crippen LogP contribution is -2.43. The van der Waals surface area contributed by atoms with E-state index in [4.69, 9.17) is 5.11 Å². The number of hydrogen-bond donors (Lipinski definition) is 2. The van der Waals surface area contributed by atoms with Crippen molar-refractivity contribution >= 4 is 23.3 Å². The van der Waals surface area contributed by atoms with Crippen LogP contribution < -0.4 is 5.32 Å². The lowest BCUT2D eigenvalue weighted by Gasteiger charge is -2.22. The number of amides is 2. The lowest BCUT2D eigenvalue weighted by atomic mass is 10.3. The molecule has 2 aliphatic rings. The minimum Gasteiger partial charge on any atom is -0.476 e. The van der Waals surface area contributed by atoms with Crippen molar-refractivity contribution < 1.29 is 14.7 Å². The Bertz CT molecular complexity index is 537. The number of carboxylic acid groups (broad SMARTS) is 1. The van der Waals surface area contributed by atoms with Crippen molar-refractivity contribution in [3.05, 3.63) is 16.1 Å². The van der Waals surface area contributed by atoms with E-state index in [1.165, 1.54) is 29.6 Å². The average Bonchev–Trinajstić information content (AvgIpc) is 3.35. The maximum absolute atomic E-state index is 12.2. The quantitative estimate of drug-likeness (QED) is 0.806. The first-order chi connectivity index (χ1) is 10.1. The Morgan fingerprint density at radius 1 is 1.38 bits per heavy atom. The number of nitrogens with one attached hydrogen (secondary N) is 1. The highest BCUT2D eigenvalue weighted by atomic mass is 32.1. The fraction of sp³-hybridized carbons (Fsp3) is 0.643. The summed E-state index contributed by atoms with van der Waals surface area (Å²) >= 11 is 1.32. The Kier molecular flexibility index (Phi) is 4.10. The van der Waals surface area contributed by atoms with E-state index in [0.29, 0.717) is 24.9 Å². The Morgan fingerprint density at radius 2 is 2.14 bits per heavy atom. The van der Waals surface area contributed by atoms with Crippen LogP contribution in [0, 0.1) is 5.92 Å². The second-order valence-corrected chi connectivity index (χ2v) is 6.68. The number of nitrogens with zero attached hydrogens (tertiary/aromatic N) is 2. The minimum atomic E-state index is -1.01. The third kappa shape index (κ3) is 3.93. The predicted octanol–water partition coefficient (Wildman–Crippen LogP) is 1.97. The average molecular weight is 309 g/mol. The molecule has 1 aromatic rings. The molecule has 1 aromatic heterocycles. The summed E-state index contributed by atoms with van der Waals surface area (Å²) in [7, 11) is 0. The predicted molar refractivity (Wildman–Crippen MR) is 78.6 cm³/mol. The van der Waals surface area contributed by atoms with Gasteiger partial charge in [-0.15, -0.1) is 11.3 Å². The molecule has 2 aliphatic carbocycles. The van der Waals surface area contributed by atoms with Gasteiger partial charge in [-0.05, 0) is 31.6 Å². The fourth-order valence-corrected chi connectivity index (χ4v) is 3.04.